The van der Waals surface area contributed by atoms with E-state index in [2.05, 4.69) is 6.92 Å². The van der Waals surface area contributed by atoms with Gasteiger partial charge in [-0.05, 0) is 43.4 Å². The zero-order valence-corrected chi connectivity index (χ0v) is 12.4. The second-order valence-corrected chi connectivity index (χ2v) is 7.55. The van der Waals surface area contributed by atoms with Crippen molar-refractivity contribution in [2.45, 2.75) is 50.7 Å². The largest absolute Gasteiger partial charge is 0.462 e. The summed E-state index contributed by atoms with van der Waals surface area (Å²) in [6, 6.07) is 0. The van der Waals surface area contributed by atoms with Crippen LogP contribution in [-0.2, 0) is 19.0 Å². The van der Waals surface area contributed by atoms with Crippen molar-refractivity contribution in [1.29, 1.82) is 0 Å². The summed E-state index contributed by atoms with van der Waals surface area (Å²) in [7, 11) is 1.67. The molecule has 0 unspecified atom stereocenters. The lowest BCUT2D eigenvalue weighted by Crippen LogP contribution is -2.50. The molecule has 112 valence electrons. The van der Waals surface area contributed by atoms with Crippen molar-refractivity contribution in [2.24, 2.45) is 23.2 Å². The van der Waals surface area contributed by atoms with Crippen LogP contribution in [0.2, 0.25) is 0 Å². The molecule has 2 aliphatic heterocycles. The van der Waals surface area contributed by atoms with Crippen LogP contribution in [0.15, 0.2) is 0 Å². The van der Waals surface area contributed by atoms with E-state index < -0.39 is 0 Å². The highest BCUT2D eigenvalue weighted by molar-refractivity contribution is 5.75. The Bertz CT molecular complexity index is 430. The molecule has 0 N–H and O–H groups in total. The molecule has 20 heavy (non-hydrogen) atoms. The smallest absolute Gasteiger partial charge is 0.311 e. The Morgan fingerprint density at radius 1 is 1.40 bits per heavy atom. The van der Waals surface area contributed by atoms with E-state index in [0.29, 0.717) is 18.4 Å². The van der Waals surface area contributed by atoms with Crippen molar-refractivity contribution in [3.8, 4) is 0 Å². The number of carbonyl (C=O) groups excluding carboxylic acids is 1. The van der Waals surface area contributed by atoms with Crippen LogP contribution >= 0.6 is 0 Å². The third-order valence-electron chi connectivity index (χ3n) is 6.43. The van der Waals surface area contributed by atoms with Crippen molar-refractivity contribution in [3.63, 3.8) is 0 Å². The van der Waals surface area contributed by atoms with Gasteiger partial charge in [-0.15, -0.1) is 0 Å². The lowest BCUT2D eigenvalue weighted by Gasteiger charge is -2.51. The van der Waals surface area contributed by atoms with Gasteiger partial charge in [0.25, 0.3) is 0 Å². The summed E-state index contributed by atoms with van der Waals surface area (Å²) >= 11 is 0. The van der Waals surface area contributed by atoms with Crippen LogP contribution in [0.25, 0.3) is 0 Å². The van der Waals surface area contributed by atoms with E-state index in [1.807, 2.05) is 0 Å². The third-order valence-corrected chi connectivity index (χ3v) is 6.43. The van der Waals surface area contributed by atoms with Gasteiger partial charge in [0.15, 0.2) is 0 Å². The first kappa shape index (κ1) is 13.1. The van der Waals surface area contributed by atoms with E-state index >= 15 is 0 Å². The van der Waals surface area contributed by atoms with Crippen molar-refractivity contribution in [1.82, 2.24) is 0 Å². The minimum absolute atomic E-state index is 0.0464. The average Bonchev–Trinajstić information content (AvgIpc) is 3.10. The Morgan fingerprint density at radius 2 is 2.20 bits per heavy atom. The summed E-state index contributed by atoms with van der Waals surface area (Å²) in [5.74, 6) is 0.820. The van der Waals surface area contributed by atoms with Crippen LogP contribution in [0.4, 0.5) is 0 Å². The van der Waals surface area contributed by atoms with Crippen molar-refractivity contribution in [3.05, 3.63) is 0 Å². The Kier molecular flexibility index (Phi) is 2.75. The normalized spacial score (nSPS) is 53.4. The minimum atomic E-state index is -0.0627. The number of hydrogen-bond acceptors (Lipinski definition) is 4. The molecule has 4 heteroatoms. The minimum Gasteiger partial charge on any atom is -0.462 e. The number of esters is 1. The maximum absolute atomic E-state index is 12.1. The van der Waals surface area contributed by atoms with Gasteiger partial charge >= 0.3 is 5.97 Å². The van der Waals surface area contributed by atoms with Crippen molar-refractivity contribution < 1.29 is 19.0 Å². The molecule has 4 rings (SSSR count). The fourth-order valence-electron chi connectivity index (χ4n) is 5.33. The molecule has 1 spiro atoms. The van der Waals surface area contributed by atoms with Crippen molar-refractivity contribution in [2.75, 3.05) is 20.3 Å². The maximum Gasteiger partial charge on any atom is 0.311 e. The lowest BCUT2D eigenvalue weighted by atomic mass is 9.53. The number of methoxy groups -OCH3 is 1. The van der Waals surface area contributed by atoms with E-state index in [1.54, 1.807) is 7.11 Å². The van der Waals surface area contributed by atoms with Gasteiger partial charge in [-0.25, -0.2) is 0 Å². The SMILES string of the molecule is COC[C@H]1C(=O)O[C@@H]2C[C@@]3(C)CCC[C@]4(CO4)[C@@H]3C[C@@H]21. The van der Waals surface area contributed by atoms with E-state index in [1.165, 1.54) is 19.3 Å². The van der Waals surface area contributed by atoms with Crippen LogP contribution in [0.1, 0.15) is 39.0 Å². The molecule has 0 amide bonds. The van der Waals surface area contributed by atoms with E-state index in [4.69, 9.17) is 14.2 Å². The molecule has 2 aliphatic carbocycles. The highest BCUT2D eigenvalue weighted by Gasteiger charge is 2.65. The van der Waals surface area contributed by atoms with Crippen LogP contribution in [0.5, 0.6) is 0 Å². The van der Waals surface area contributed by atoms with Crippen LogP contribution in [0, 0.1) is 23.2 Å². The number of epoxide rings is 1. The van der Waals surface area contributed by atoms with Gasteiger partial charge in [-0.3, -0.25) is 4.79 Å². The topological polar surface area (TPSA) is 48.1 Å². The molecule has 4 aliphatic rings. The van der Waals surface area contributed by atoms with E-state index in [0.717, 1.165) is 19.4 Å². The zero-order valence-electron chi connectivity index (χ0n) is 12.4. The predicted octanol–water partition coefficient (Wildman–Crippen LogP) is 2.16. The van der Waals surface area contributed by atoms with Gasteiger partial charge in [0.05, 0.1) is 24.7 Å². The van der Waals surface area contributed by atoms with Crippen molar-refractivity contribution >= 4 is 5.97 Å². The molecule has 0 aromatic heterocycles. The Labute approximate surface area is 120 Å². The molecule has 0 bridgehead atoms. The number of hydrogen-bond donors (Lipinski definition) is 0. The molecule has 4 fully saturated rings. The molecule has 0 aromatic carbocycles. The monoisotopic (exact) mass is 280 g/mol. The van der Waals surface area contributed by atoms with Crippen LogP contribution < -0.4 is 0 Å². The number of carbonyl (C=O) groups is 1. The Hall–Kier alpha value is -0.610. The molecule has 6 atom stereocenters. The third kappa shape index (κ3) is 1.70. The first-order chi connectivity index (χ1) is 9.58. The number of ether oxygens (including phenoxy) is 3. The molecular weight excluding hydrogens is 256 g/mol. The molecule has 0 aromatic rings. The summed E-state index contributed by atoms with van der Waals surface area (Å²) in [5.41, 5.74) is 0.430. The molecular formula is C16H24O4. The van der Waals surface area contributed by atoms with Crippen LogP contribution in [-0.4, -0.2) is 38.0 Å². The standard InChI is InChI=1S/C16H24O4/c1-15-4-3-5-16(9-19-16)13(15)6-10-11(8-18-2)14(17)20-12(10)7-15/h10-13H,3-9H2,1-2H3/t10-,11-,12-,13-,15-,16+/m1/s1. The zero-order chi connectivity index (χ0) is 14.0. The molecule has 2 saturated heterocycles. The van der Waals surface area contributed by atoms with Gasteiger partial charge in [0.2, 0.25) is 0 Å². The van der Waals surface area contributed by atoms with Gasteiger partial charge in [0.1, 0.15) is 6.10 Å². The highest BCUT2D eigenvalue weighted by atomic mass is 16.6. The average molecular weight is 280 g/mol. The number of rotatable bonds is 2. The maximum atomic E-state index is 12.1. The summed E-state index contributed by atoms with van der Waals surface area (Å²) in [5, 5.41) is 0. The summed E-state index contributed by atoms with van der Waals surface area (Å²) in [6.07, 6.45) is 5.89. The fourth-order valence-corrected chi connectivity index (χ4v) is 5.33. The number of fused-ring (bicyclic) bond motifs is 3. The molecule has 2 heterocycles. The van der Waals surface area contributed by atoms with Gasteiger partial charge < -0.3 is 14.2 Å². The highest BCUT2D eigenvalue weighted by Crippen LogP contribution is 2.62. The van der Waals surface area contributed by atoms with Gasteiger partial charge in [-0.2, -0.15) is 0 Å². The van der Waals surface area contributed by atoms with Crippen LogP contribution in [0.3, 0.4) is 0 Å². The first-order valence-electron chi connectivity index (χ1n) is 7.91. The fraction of sp³-hybridized carbons (Fsp3) is 0.938. The summed E-state index contributed by atoms with van der Waals surface area (Å²) in [6.45, 7) is 3.81. The quantitative estimate of drug-likeness (QED) is 0.574. The molecule has 2 saturated carbocycles. The van der Waals surface area contributed by atoms with Gasteiger partial charge in [0, 0.05) is 13.0 Å². The Morgan fingerprint density at radius 3 is 2.90 bits per heavy atom. The van der Waals surface area contributed by atoms with Gasteiger partial charge in [-0.1, -0.05) is 6.92 Å². The second kappa shape index (κ2) is 4.20. The Balaban J connectivity index is 1.62. The van der Waals surface area contributed by atoms with E-state index in [-0.39, 0.29) is 29.0 Å². The predicted molar refractivity (Wildman–Crippen MR) is 72.1 cm³/mol. The first-order valence-corrected chi connectivity index (χ1v) is 7.91. The summed E-state index contributed by atoms with van der Waals surface area (Å²) in [4.78, 5) is 12.1. The second-order valence-electron chi connectivity index (χ2n) is 7.55. The van der Waals surface area contributed by atoms with E-state index in [9.17, 15) is 4.79 Å². The molecule has 4 nitrogen and oxygen atoms in total. The molecule has 0 radical (unpaired) electrons. The summed E-state index contributed by atoms with van der Waals surface area (Å²) < 4.78 is 16.8. The lowest BCUT2D eigenvalue weighted by molar-refractivity contribution is -0.147.